The lowest BCUT2D eigenvalue weighted by molar-refractivity contribution is 0.606. The van der Waals surface area contributed by atoms with Gasteiger partial charge in [-0.05, 0) is 31.0 Å². The Balaban J connectivity index is 2.29. The minimum atomic E-state index is -3.32. The lowest BCUT2D eigenvalue weighted by Crippen LogP contribution is -2.19. The maximum absolute atomic E-state index is 13.6. The van der Waals surface area contributed by atoms with E-state index in [1.165, 1.54) is 12.1 Å². The summed E-state index contributed by atoms with van der Waals surface area (Å²) in [6, 6.07) is 4.26. The second-order valence-corrected chi connectivity index (χ2v) is 5.98. The van der Waals surface area contributed by atoms with Crippen LogP contribution in [-0.2, 0) is 10.0 Å². The quantitative estimate of drug-likeness (QED) is 0.899. The van der Waals surface area contributed by atoms with Gasteiger partial charge in [-0.2, -0.15) is 0 Å². The van der Waals surface area contributed by atoms with Crippen LogP contribution < -0.4 is 9.62 Å². The predicted molar refractivity (Wildman–Crippen MR) is 66.3 cm³/mol. The van der Waals surface area contributed by atoms with Gasteiger partial charge in [0.05, 0.1) is 17.6 Å². The first-order chi connectivity index (χ1) is 7.96. The fourth-order valence-corrected chi connectivity index (χ4v) is 2.55. The zero-order valence-corrected chi connectivity index (χ0v) is 10.4. The molecular formula is C11H15FN2O2S. The Bertz CT molecular complexity index is 510. The van der Waals surface area contributed by atoms with Gasteiger partial charge < -0.3 is 4.90 Å². The summed E-state index contributed by atoms with van der Waals surface area (Å²) in [6.45, 7) is 1.64. The zero-order valence-electron chi connectivity index (χ0n) is 9.61. The van der Waals surface area contributed by atoms with Crippen molar-refractivity contribution >= 4 is 21.4 Å². The highest BCUT2D eigenvalue weighted by Crippen LogP contribution is 2.27. The first-order valence-electron chi connectivity index (χ1n) is 5.48. The number of hydrogen-bond acceptors (Lipinski definition) is 3. The van der Waals surface area contributed by atoms with E-state index in [0.717, 1.165) is 32.2 Å². The summed E-state index contributed by atoms with van der Waals surface area (Å²) < 4.78 is 38.2. The number of halogens is 1. The number of benzene rings is 1. The van der Waals surface area contributed by atoms with E-state index in [2.05, 4.69) is 4.72 Å². The Hall–Kier alpha value is -1.30. The SMILES string of the molecule is CS(=O)(=O)Nc1ccc(F)c(N2CCCC2)c1. The minimum Gasteiger partial charge on any atom is -0.369 e. The van der Waals surface area contributed by atoms with Crippen molar-refractivity contribution in [1.29, 1.82) is 0 Å². The third-order valence-electron chi connectivity index (χ3n) is 2.70. The van der Waals surface area contributed by atoms with E-state index >= 15 is 0 Å². The molecule has 1 heterocycles. The van der Waals surface area contributed by atoms with Crippen molar-refractivity contribution in [3.8, 4) is 0 Å². The number of nitrogens with one attached hydrogen (secondary N) is 1. The van der Waals surface area contributed by atoms with Crippen molar-refractivity contribution in [1.82, 2.24) is 0 Å². The molecule has 17 heavy (non-hydrogen) atoms. The van der Waals surface area contributed by atoms with Crippen LogP contribution in [0.5, 0.6) is 0 Å². The van der Waals surface area contributed by atoms with E-state index in [0.29, 0.717) is 11.4 Å². The molecule has 0 aliphatic carbocycles. The zero-order chi connectivity index (χ0) is 12.5. The molecule has 1 aromatic rings. The van der Waals surface area contributed by atoms with E-state index in [1.54, 1.807) is 6.07 Å². The van der Waals surface area contributed by atoms with Crippen LogP contribution in [0.3, 0.4) is 0 Å². The van der Waals surface area contributed by atoms with Crippen LogP contribution in [0.15, 0.2) is 18.2 Å². The van der Waals surface area contributed by atoms with Gasteiger partial charge >= 0.3 is 0 Å². The van der Waals surface area contributed by atoms with Gasteiger partial charge in [0.25, 0.3) is 0 Å². The summed E-state index contributed by atoms with van der Waals surface area (Å²) in [6.07, 6.45) is 3.16. The minimum absolute atomic E-state index is 0.314. The van der Waals surface area contributed by atoms with Crippen molar-refractivity contribution in [2.45, 2.75) is 12.8 Å². The van der Waals surface area contributed by atoms with E-state index in [9.17, 15) is 12.8 Å². The molecule has 1 aliphatic rings. The van der Waals surface area contributed by atoms with Gasteiger partial charge in [0.2, 0.25) is 10.0 Å². The molecule has 1 N–H and O–H groups in total. The number of nitrogens with zero attached hydrogens (tertiary/aromatic N) is 1. The molecule has 1 saturated heterocycles. The summed E-state index contributed by atoms with van der Waals surface area (Å²) in [7, 11) is -3.32. The summed E-state index contributed by atoms with van der Waals surface area (Å²) in [5.74, 6) is -0.314. The molecule has 0 saturated carbocycles. The fraction of sp³-hybridized carbons (Fsp3) is 0.455. The van der Waals surface area contributed by atoms with Crippen LogP contribution >= 0.6 is 0 Å². The monoisotopic (exact) mass is 258 g/mol. The van der Waals surface area contributed by atoms with Crippen LogP contribution in [0.4, 0.5) is 15.8 Å². The molecular weight excluding hydrogens is 243 g/mol. The number of rotatable bonds is 3. The lowest BCUT2D eigenvalue weighted by Gasteiger charge is -2.19. The van der Waals surface area contributed by atoms with Gasteiger partial charge in [0.15, 0.2) is 0 Å². The Morgan fingerprint density at radius 1 is 1.29 bits per heavy atom. The lowest BCUT2D eigenvalue weighted by atomic mass is 10.2. The smallest absolute Gasteiger partial charge is 0.229 e. The van der Waals surface area contributed by atoms with E-state index in [4.69, 9.17) is 0 Å². The van der Waals surface area contributed by atoms with Crippen molar-refractivity contribution in [3.63, 3.8) is 0 Å². The van der Waals surface area contributed by atoms with Gasteiger partial charge in [0, 0.05) is 13.1 Å². The molecule has 1 aliphatic heterocycles. The molecule has 0 radical (unpaired) electrons. The second kappa shape index (κ2) is 4.52. The molecule has 4 nitrogen and oxygen atoms in total. The fourth-order valence-electron chi connectivity index (χ4n) is 1.99. The Labute approximate surface area is 100 Å². The molecule has 1 fully saturated rings. The molecule has 2 rings (SSSR count). The van der Waals surface area contributed by atoms with Crippen molar-refractivity contribution in [2.24, 2.45) is 0 Å². The van der Waals surface area contributed by atoms with Crippen molar-refractivity contribution < 1.29 is 12.8 Å². The average Bonchev–Trinajstić information content (AvgIpc) is 2.72. The van der Waals surface area contributed by atoms with Gasteiger partial charge in [-0.15, -0.1) is 0 Å². The highest BCUT2D eigenvalue weighted by molar-refractivity contribution is 7.92. The maximum Gasteiger partial charge on any atom is 0.229 e. The molecule has 6 heteroatoms. The Kier molecular flexibility index (Phi) is 3.24. The van der Waals surface area contributed by atoms with E-state index < -0.39 is 10.0 Å². The average molecular weight is 258 g/mol. The third kappa shape index (κ3) is 3.09. The molecule has 0 unspecified atom stereocenters. The van der Waals surface area contributed by atoms with Gasteiger partial charge in [-0.1, -0.05) is 0 Å². The van der Waals surface area contributed by atoms with Gasteiger partial charge in [0.1, 0.15) is 5.82 Å². The summed E-state index contributed by atoms with van der Waals surface area (Å²) in [5.41, 5.74) is 0.868. The molecule has 0 atom stereocenters. The largest absolute Gasteiger partial charge is 0.369 e. The second-order valence-electron chi connectivity index (χ2n) is 4.23. The van der Waals surface area contributed by atoms with Crippen LogP contribution in [0, 0.1) is 5.82 Å². The van der Waals surface area contributed by atoms with E-state index in [1.807, 2.05) is 4.90 Å². The summed E-state index contributed by atoms with van der Waals surface area (Å²) in [4.78, 5) is 1.93. The highest BCUT2D eigenvalue weighted by atomic mass is 32.2. The topological polar surface area (TPSA) is 49.4 Å². The van der Waals surface area contributed by atoms with Gasteiger partial charge in [-0.3, -0.25) is 4.72 Å². The third-order valence-corrected chi connectivity index (χ3v) is 3.30. The Morgan fingerprint density at radius 3 is 2.53 bits per heavy atom. The summed E-state index contributed by atoms with van der Waals surface area (Å²) in [5, 5.41) is 0. The first-order valence-corrected chi connectivity index (χ1v) is 7.37. The molecule has 0 bridgehead atoms. The van der Waals surface area contributed by atoms with Gasteiger partial charge in [-0.25, -0.2) is 12.8 Å². The standard InChI is InChI=1S/C11H15FN2O2S/c1-17(15,16)13-9-4-5-10(12)11(8-9)14-6-2-3-7-14/h4-5,8,13H,2-3,6-7H2,1H3. The van der Waals surface area contributed by atoms with Crippen LogP contribution in [-0.4, -0.2) is 27.8 Å². The molecule has 1 aromatic carbocycles. The number of anilines is 2. The number of sulfonamides is 1. The van der Waals surface area contributed by atoms with E-state index in [-0.39, 0.29) is 5.82 Å². The number of hydrogen-bond donors (Lipinski definition) is 1. The van der Waals surface area contributed by atoms with Crippen molar-refractivity contribution in [2.75, 3.05) is 29.0 Å². The van der Waals surface area contributed by atoms with Crippen LogP contribution in [0.2, 0.25) is 0 Å². The summed E-state index contributed by atoms with van der Waals surface area (Å²) >= 11 is 0. The normalized spacial score (nSPS) is 16.2. The molecule has 0 aromatic heterocycles. The molecule has 0 spiro atoms. The molecule has 0 amide bonds. The molecule has 94 valence electrons. The van der Waals surface area contributed by atoms with Crippen LogP contribution in [0.25, 0.3) is 0 Å². The Morgan fingerprint density at radius 2 is 1.94 bits per heavy atom. The van der Waals surface area contributed by atoms with Crippen molar-refractivity contribution in [3.05, 3.63) is 24.0 Å². The first kappa shape index (κ1) is 12.2. The highest BCUT2D eigenvalue weighted by Gasteiger charge is 2.17. The van der Waals surface area contributed by atoms with Crippen LogP contribution in [0.1, 0.15) is 12.8 Å². The maximum atomic E-state index is 13.6. The predicted octanol–water partition coefficient (Wildman–Crippen LogP) is 1.80.